The van der Waals surface area contributed by atoms with Crippen LogP contribution >= 0.6 is 0 Å². The molecule has 2 aromatic rings. The summed E-state index contributed by atoms with van der Waals surface area (Å²) in [7, 11) is 0. The Hall–Kier alpha value is -2.83. The standard InChI is InChI=1S/C17H14F3NO3/c18-12-3-1-10(2-4-12)7-15(17(23)24)21-16(22)8-11-5-13(19)9-14(20)6-11/h1-6,9,15H,7-8H2,(H,21,22)(H,23,24)/t15-/m0/s1. The molecule has 0 aliphatic heterocycles. The monoisotopic (exact) mass is 337 g/mol. The van der Waals surface area contributed by atoms with Crippen LogP contribution in [-0.4, -0.2) is 23.0 Å². The third kappa shape index (κ3) is 5.12. The van der Waals surface area contributed by atoms with Crippen molar-refractivity contribution in [3.05, 3.63) is 71.0 Å². The Morgan fingerprint density at radius 3 is 2.04 bits per heavy atom. The molecule has 0 unspecified atom stereocenters. The van der Waals surface area contributed by atoms with Crippen molar-refractivity contribution in [1.29, 1.82) is 0 Å². The van der Waals surface area contributed by atoms with Crippen LogP contribution in [0.15, 0.2) is 42.5 Å². The summed E-state index contributed by atoms with van der Waals surface area (Å²) in [5.41, 5.74) is 0.622. The number of halogens is 3. The first-order valence-electron chi connectivity index (χ1n) is 7.05. The lowest BCUT2D eigenvalue weighted by Gasteiger charge is -2.15. The molecule has 2 aromatic carbocycles. The highest BCUT2D eigenvalue weighted by atomic mass is 19.1. The fourth-order valence-corrected chi connectivity index (χ4v) is 2.20. The minimum Gasteiger partial charge on any atom is -0.480 e. The molecular formula is C17H14F3NO3. The molecule has 0 heterocycles. The molecule has 1 atom stereocenters. The number of carbonyl (C=O) groups excluding carboxylic acids is 1. The van der Waals surface area contributed by atoms with E-state index in [-0.39, 0.29) is 18.4 Å². The van der Waals surface area contributed by atoms with Crippen LogP contribution in [0.4, 0.5) is 13.2 Å². The molecular weight excluding hydrogens is 323 g/mol. The van der Waals surface area contributed by atoms with E-state index in [1.807, 2.05) is 0 Å². The van der Waals surface area contributed by atoms with E-state index in [0.717, 1.165) is 12.1 Å². The zero-order chi connectivity index (χ0) is 17.7. The van der Waals surface area contributed by atoms with E-state index in [1.54, 1.807) is 0 Å². The van der Waals surface area contributed by atoms with Gasteiger partial charge in [-0.15, -0.1) is 0 Å². The van der Waals surface area contributed by atoms with Crippen LogP contribution < -0.4 is 5.32 Å². The van der Waals surface area contributed by atoms with E-state index in [4.69, 9.17) is 0 Å². The summed E-state index contributed by atoms with van der Waals surface area (Å²) in [6.07, 6.45) is -0.402. The largest absolute Gasteiger partial charge is 0.480 e. The number of carboxylic acids is 1. The second kappa shape index (κ2) is 7.63. The molecule has 0 saturated carbocycles. The minimum atomic E-state index is -1.27. The van der Waals surface area contributed by atoms with E-state index in [0.29, 0.717) is 11.6 Å². The normalized spacial score (nSPS) is 11.8. The Labute approximate surface area is 135 Å². The van der Waals surface area contributed by atoms with Crippen LogP contribution in [0.1, 0.15) is 11.1 Å². The van der Waals surface area contributed by atoms with Crippen LogP contribution in [0.3, 0.4) is 0 Å². The van der Waals surface area contributed by atoms with Gasteiger partial charge in [-0.2, -0.15) is 0 Å². The lowest BCUT2D eigenvalue weighted by molar-refractivity contribution is -0.141. The number of hydrogen-bond donors (Lipinski definition) is 2. The number of benzene rings is 2. The molecule has 0 aliphatic rings. The Bertz CT molecular complexity index is 727. The fraction of sp³-hybridized carbons (Fsp3) is 0.176. The molecule has 0 aliphatic carbocycles. The molecule has 0 radical (unpaired) electrons. The Balaban J connectivity index is 2.02. The molecule has 0 aromatic heterocycles. The summed E-state index contributed by atoms with van der Waals surface area (Å²) in [6, 6.07) is 6.64. The van der Waals surface area contributed by atoms with Gasteiger partial charge in [0.25, 0.3) is 0 Å². The maximum absolute atomic E-state index is 13.1. The van der Waals surface area contributed by atoms with Crippen molar-refractivity contribution in [2.45, 2.75) is 18.9 Å². The van der Waals surface area contributed by atoms with Crippen molar-refractivity contribution in [1.82, 2.24) is 5.32 Å². The van der Waals surface area contributed by atoms with Crippen molar-refractivity contribution in [2.75, 3.05) is 0 Å². The summed E-state index contributed by atoms with van der Waals surface area (Å²) in [5.74, 6) is -4.05. The summed E-state index contributed by atoms with van der Waals surface area (Å²) in [5, 5.41) is 11.5. The fourth-order valence-electron chi connectivity index (χ4n) is 2.20. The first-order valence-corrected chi connectivity index (χ1v) is 7.05. The van der Waals surface area contributed by atoms with Crippen molar-refractivity contribution in [3.63, 3.8) is 0 Å². The highest BCUT2D eigenvalue weighted by Crippen LogP contribution is 2.10. The quantitative estimate of drug-likeness (QED) is 0.851. The molecule has 0 fully saturated rings. The molecule has 0 saturated heterocycles. The average Bonchev–Trinajstić information content (AvgIpc) is 2.47. The summed E-state index contributed by atoms with van der Waals surface area (Å²) < 4.78 is 39.0. The molecule has 7 heteroatoms. The Morgan fingerprint density at radius 2 is 1.50 bits per heavy atom. The van der Waals surface area contributed by atoms with Gasteiger partial charge in [-0.3, -0.25) is 4.79 Å². The third-order valence-corrected chi connectivity index (χ3v) is 3.27. The maximum atomic E-state index is 13.1. The lowest BCUT2D eigenvalue weighted by Crippen LogP contribution is -2.43. The minimum absolute atomic E-state index is 0.0428. The number of rotatable bonds is 6. The van der Waals surface area contributed by atoms with E-state index in [1.165, 1.54) is 24.3 Å². The van der Waals surface area contributed by atoms with Gasteiger partial charge in [-0.25, -0.2) is 18.0 Å². The maximum Gasteiger partial charge on any atom is 0.326 e. The first-order chi connectivity index (χ1) is 11.3. The van der Waals surface area contributed by atoms with Crippen LogP contribution in [0.5, 0.6) is 0 Å². The molecule has 0 spiro atoms. The van der Waals surface area contributed by atoms with Crippen LogP contribution in [0.25, 0.3) is 0 Å². The first kappa shape index (κ1) is 17.5. The second-order valence-corrected chi connectivity index (χ2v) is 5.24. The highest BCUT2D eigenvalue weighted by molar-refractivity contribution is 5.85. The van der Waals surface area contributed by atoms with E-state index >= 15 is 0 Å². The van der Waals surface area contributed by atoms with Crippen LogP contribution in [0, 0.1) is 17.5 Å². The van der Waals surface area contributed by atoms with Crippen LogP contribution in [-0.2, 0) is 22.4 Å². The van der Waals surface area contributed by atoms with E-state index in [2.05, 4.69) is 5.32 Å². The summed E-state index contributed by atoms with van der Waals surface area (Å²) in [4.78, 5) is 23.2. The number of nitrogens with one attached hydrogen (secondary N) is 1. The molecule has 1 amide bonds. The van der Waals surface area contributed by atoms with Crippen LogP contribution in [0.2, 0.25) is 0 Å². The van der Waals surface area contributed by atoms with Crippen molar-refractivity contribution < 1.29 is 27.9 Å². The molecule has 2 rings (SSSR count). The van der Waals surface area contributed by atoms with Gasteiger partial charge in [-0.1, -0.05) is 12.1 Å². The zero-order valence-corrected chi connectivity index (χ0v) is 12.4. The van der Waals surface area contributed by atoms with Crippen molar-refractivity contribution >= 4 is 11.9 Å². The van der Waals surface area contributed by atoms with Gasteiger partial charge >= 0.3 is 5.97 Å². The third-order valence-electron chi connectivity index (χ3n) is 3.27. The van der Waals surface area contributed by atoms with Crippen molar-refractivity contribution in [2.24, 2.45) is 0 Å². The summed E-state index contributed by atoms with van der Waals surface area (Å²) in [6.45, 7) is 0. The van der Waals surface area contributed by atoms with Gasteiger partial charge in [0.1, 0.15) is 23.5 Å². The molecule has 2 N–H and O–H groups in total. The Morgan fingerprint density at radius 1 is 0.917 bits per heavy atom. The van der Waals surface area contributed by atoms with Gasteiger partial charge in [0.2, 0.25) is 5.91 Å². The average molecular weight is 337 g/mol. The van der Waals surface area contributed by atoms with E-state index < -0.39 is 35.4 Å². The lowest BCUT2D eigenvalue weighted by atomic mass is 10.1. The number of hydrogen-bond acceptors (Lipinski definition) is 2. The number of amides is 1. The molecule has 24 heavy (non-hydrogen) atoms. The molecule has 126 valence electrons. The SMILES string of the molecule is O=C(Cc1cc(F)cc(F)c1)N[C@@H](Cc1ccc(F)cc1)C(=O)O. The topological polar surface area (TPSA) is 66.4 Å². The van der Waals surface area contributed by atoms with Gasteiger partial charge in [0.15, 0.2) is 0 Å². The number of carbonyl (C=O) groups is 2. The number of carboxylic acid groups (broad SMARTS) is 1. The van der Waals surface area contributed by atoms with Gasteiger partial charge < -0.3 is 10.4 Å². The van der Waals surface area contributed by atoms with Gasteiger partial charge in [0.05, 0.1) is 6.42 Å². The predicted octanol–water partition coefficient (Wildman–Crippen LogP) is 2.46. The van der Waals surface area contributed by atoms with E-state index in [9.17, 15) is 27.9 Å². The smallest absolute Gasteiger partial charge is 0.326 e. The number of aliphatic carboxylic acids is 1. The Kier molecular flexibility index (Phi) is 5.57. The molecule has 4 nitrogen and oxygen atoms in total. The zero-order valence-electron chi connectivity index (χ0n) is 12.4. The van der Waals surface area contributed by atoms with Gasteiger partial charge in [0, 0.05) is 12.5 Å². The van der Waals surface area contributed by atoms with Gasteiger partial charge in [-0.05, 0) is 35.4 Å². The van der Waals surface area contributed by atoms with Crippen molar-refractivity contribution in [3.8, 4) is 0 Å². The highest BCUT2D eigenvalue weighted by Gasteiger charge is 2.20. The molecule has 0 bridgehead atoms. The second-order valence-electron chi connectivity index (χ2n) is 5.24. The predicted molar refractivity (Wildman–Crippen MR) is 79.7 cm³/mol. The summed E-state index contributed by atoms with van der Waals surface area (Å²) >= 11 is 0.